The Kier molecular flexibility index (Phi) is 6.19. The van der Waals surface area contributed by atoms with Crippen LogP contribution in [0.1, 0.15) is 61.3 Å². The Bertz CT molecular complexity index is 1280. The van der Waals surface area contributed by atoms with Crippen molar-refractivity contribution in [2.24, 2.45) is 7.05 Å². The first kappa shape index (κ1) is 23.2. The number of amides is 1. The summed E-state index contributed by atoms with van der Waals surface area (Å²) in [6, 6.07) is 8.48. The molecule has 8 nitrogen and oxygen atoms in total. The van der Waals surface area contributed by atoms with Crippen LogP contribution < -0.4 is 5.32 Å². The Labute approximate surface area is 196 Å². The summed E-state index contributed by atoms with van der Waals surface area (Å²) in [7, 11) is 4.85. The maximum atomic E-state index is 14.5. The van der Waals surface area contributed by atoms with E-state index in [-0.39, 0.29) is 29.1 Å². The lowest BCUT2D eigenvalue weighted by atomic mass is 9.80. The summed E-state index contributed by atoms with van der Waals surface area (Å²) in [4.78, 5) is 44.7. The van der Waals surface area contributed by atoms with Crippen LogP contribution in [0.15, 0.2) is 48.8 Å². The number of nitrogens with one attached hydrogen (secondary N) is 1. The average molecular weight is 464 g/mol. The van der Waals surface area contributed by atoms with E-state index in [1.54, 1.807) is 69.3 Å². The monoisotopic (exact) mass is 464 g/mol. The molecule has 1 aromatic heterocycles. The molecule has 0 saturated carbocycles. The molecule has 0 fully saturated rings. The van der Waals surface area contributed by atoms with Gasteiger partial charge in [-0.1, -0.05) is 12.1 Å². The topological polar surface area (TPSA) is 93.5 Å². The van der Waals surface area contributed by atoms with E-state index >= 15 is 0 Å². The average Bonchev–Trinajstić information content (AvgIpc) is 3.23. The molecule has 1 aliphatic heterocycles. The summed E-state index contributed by atoms with van der Waals surface area (Å²) in [5.74, 6) is -2.41. The molecule has 0 radical (unpaired) electrons. The fourth-order valence-electron chi connectivity index (χ4n) is 4.23. The van der Waals surface area contributed by atoms with Crippen molar-refractivity contribution in [3.8, 4) is 0 Å². The van der Waals surface area contributed by atoms with Gasteiger partial charge in [-0.15, -0.1) is 0 Å². The third-order valence-electron chi connectivity index (χ3n) is 5.86. The molecule has 176 valence electrons. The second-order valence-corrected chi connectivity index (χ2v) is 8.25. The van der Waals surface area contributed by atoms with E-state index in [1.165, 1.54) is 17.0 Å². The minimum Gasteiger partial charge on any atom is -0.462 e. The predicted molar refractivity (Wildman–Crippen MR) is 123 cm³/mol. The molecular weight excluding hydrogens is 439 g/mol. The van der Waals surface area contributed by atoms with Gasteiger partial charge in [0, 0.05) is 39.2 Å². The summed E-state index contributed by atoms with van der Waals surface area (Å²) in [6.45, 7) is 1.87. The number of rotatable bonds is 5. The highest BCUT2D eigenvalue weighted by molar-refractivity contribution is 6.14. The fourth-order valence-corrected chi connectivity index (χ4v) is 4.23. The number of fused-ring (bicyclic) bond motifs is 1. The standard InChI is InChI=1S/C25H25FN4O4/c1-5-34-25(33)15-7-6-8-18-19(15)22(31)20(23-27-11-12-30(23)4)21(28-18)14-9-10-17(26)16(13-14)24(32)29(2)3/h6-13,20-21,28H,5H2,1-4H3. The van der Waals surface area contributed by atoms with Crippen molar-refractivity contribution in [3.05, 3.63) is 82.7 Å². The van der Waals surface area contributed by atoms with E-state index in [0.717, 1.165) is 0 Å². The molecule has 34 heavy (non-hydrogen) atoms. The number of benzene rings is 2. The maximum Gasteiger partial charge on any atom is 0.338 e. The van der Waals surface area contributed by atoms with Crippen LogP contribution >= 0.6 is 0 Å². The number of ketones is 1. The van der Waals surface area contributed by atoms with Gasteiger partial charge < -0.3 is 19.5 Å². The third kappa shape index (κ3) is 3.93. The van der Waals surface area contributed by atoms with Crippen molar-refractivity contribution in [3.63, 3.8) is 0 Å². The second kappa shape index (κ2) is 9.09. The number of aromatic nitrogens is 2. The van der Waals surface area contributed by atoms with Crippen molar-refractivity contribution in [2.75, 3.05) is 26.0 Å². The predicted octanol–water partition coefficient (Wildman–Crippen LogP) is 3.57. The summed E-state index contributed by atoms with van der Waals surface area (Å²) in [5.41, 5.74) is 1.28. The zero-order valence-corrected chi connectivity index (χ0v) is 19.3. The quantitative estimate of drug-likeness (QED) is 0.581. The Morgan fingerprint density at radius 2 is 1.97 bits per heavy atom. The number of hydrogen-bond donors (Lipinski definition) is 1. The van der Waals surface area contributed by atoms with Crippen molar-refractivity contribution in [1.29, 1.82) is 0 Å². The maximum absolute atomic E-state index is 14.5. The first-order chi connectivity index (χ1) is 16.2. The van der Waals surface area contributed by atoms with Crippen LogP contribution in [-0.2, 0) is 11.8 Å². The zero-order chi connectivity index (χ0) is 24.6. The molecule has 1 amide bonds. The van der Waals surface area contributed by atoms with Gasteiger partial charge in [-0.2, -0.15) is 0 Å². The molecule has 2 atom stereocenters. The lowest BCUT2D eigenvalue weighted by molar-refractivity contribution is 0.0522. The number of aryl methyl sites for hydroxylation is 1. The van der Waals surface area contributed by atoms with Gasteiger partial charge in [-0.3, -0.25) is 9.59 Å². The molecule has 0 saturated heterocycles. The van der Waals surface area contributed by atoms with Crippen LogP contribution in [0.4, 0.5) is 10.1 Å². The molecule has 0 bridgehead atoms. The number of hydrogen-bond acceptors (Lipinski definition) is 6. The molecule has 2 aromatic carbocycles. The summed E-state index contributed by atoms with van der Waals surface area (Å²) < 4.78 is 21.4. The van der Waals surface area contributed by atoms with Crippen molar-refractivity contribution >= 4 is 23.3 Å². The van der Waals surface area contributed by atoms with Crippen LogP contribution in [0.25, 0.3) is 0 Å². The van der Waals surface area contributed by atoms with E-state index in [9.17, 15) is 18.8 Å². The van der Waals surface area contributed by atoms with Crippen molar-refractivity contribution in [1.82, 2.24) is 14.5 Å². The molecule has 4 rings (SSSR count). The first-order valence-corrected chi connectivity index (χ1v) is 10.8. The van der Waals surface area contributed by atoms with Crippen LogP contribution in [-0.4, -0.2) is 52.8 Å². The SMILES string of the molecule is CCOC(=O)c1cccc2c1C(=O)C(c1nccn1C)C(c1ccc(F)c(C(=O)N(C)C)c1)N2. The molecule has 0 spiro atoms. The van der Waals surface area contributed by atoms with Crippen molar-refractivity contribution < 1.29 is 23.5 Å². The van der Waals surface area contributed by atoms with Gasteiger partial charge in [0.15, 0.2) is 5.78 Å². The second-order valence-electron chi connectivity index (χ2n) is 8.25. The summed E-state index contributed by atoms with van der Waals surface area (Å²) >= 11 is 0. The van der Waals surface area contributed by atoms with E-state index in [4.69, 9.17) is 4.74 Å². The number of esters is 1. The van der Waals surface area contributed by atoms with Crippen molar-refractivity contribution in [2.45, 2.75) is 18.9 Å². The van der Waals surface area contributed by atoms with Gasteiger partial charge >= 0.3 is 5.97 Å². The molecule has 3 aromatic rings. The largest absolute Gasteiger partial charge is 0.462 e. The van der Waals surface area contributed by atoms with E-state index < -0.39 is 29.7 Å². The molecule has 1 aliphatic rings. The van der Waals surface area contributed by atoms with Gasteiger partial charge in [-0.05, 0) is 36.8 Å². The Balaban J connectivity index is 1.89. The highest BCUT2D eigenvalue weighted by Gasteiger charge is 2.42. The van der Waals surface area contributed by atoms with Gasteiger partial charge in [0.25, 0.3) is 5.91 Å². The number of imidazole rings is 1. The Morgan fingerprint density at radius 3 is 2.62 bits per heavy atom. The summed E-state index contributed by atoms with van der Waals surface area (Å²) in [5, 5.41) is 3.33. The lowest BCUT2D eigenvalue weighted by Gasteiger charge is -2.34. The van der Waals surface area contributed by atoms with Crippen LogP contribution in [0.2, 0.25) is 0 Å². The molecule has 0 aliphatic carbocycles. The molecule has 1 N–H and O–H groups in total. The Hall–Kier alpha value is -4.01. The number of Topliss-reactive ketones (excluding diaryl/α,β-unsaturated/α-hetero) is 1. The lowest BCUT2D eigenvalue weighted by Crippen LogP contribution is -2.35. The van der Waals surface area contributed by atoms with E-state index in [0.29, 0.717) is 17.1 Å². The minimum absolute atomic E-state index is 0.0959. The number of ether oxygens (including phenoxy) is 1. The minimum atomic E-state index is -0.837. The molecule has 9 heteroatoms. The van der Waals surface area contributed by atoms with Gasteiger partial charge in [0.2, 0.25) is 0 Å². The first-order valence-electron chi connectivity index (χ1n) is 10.8. The summed E-state index contributed by atoms with van der Waals surface area (Å²) in [6.07, 6.45) is 3.30. The van der Waals surface area contributed by atoms with Crippen LogP contribution in [0.3, 0.4) is 0 Å². The number of carbonyl (C=O) groups excluding carboxylic acids is 3. The van der Waals surface area contributed by atoms with E-state index in [1.807, 2.05) is 0 Å². The highest BCUT2D eigenvalue weighted by atomic mass is 19.1. The normalized spacial score (nSPS) is 17.0. The molecule has 2 heterocycles. The Morgan fingerprint density at radius 1 is 1.21 bits per heavy atom. The van der Waals surface area contributed by atoms with Crippen LogP contribution in [0, 0.1) is 5.82 Å². The zero-order valence-electron chi connectivity index (χ0n) is 19.3. The van der Waals surface area contributed by atoms with E-state index in [2.05, 4.69) is 10.3 Å². The number of halogens is 1. The molecule has 2 unspecified atom stereocenters. The van der Waals surface area contributed by atoms with Gasteiger partial charge in [0.05, 0.1) is 29.3 Å². The highest BCUT2D eigenvalue weighted by Crippen LogP contribution is 2.43. The number of anilines is 1. The number of carbonyl (C=O) groups is 3. The number of nitrogens with zero attached hydrogens (tertiary/aromatic N) is 3. The molecular formula is C25H25FN4O4. The third-order valence-corrected chi connectivity index (χ3v) is 5.86. The van der Waals surface area contributed by atoms with Gasteiger partial charge in [0.1, 0.15) is 17.6 Å². The smallest absolute Gasteiger partial charge is 0.338 e. The fraction of sp³-hybridized carbons (Fsp3) is 0.280. The van der Waals surface area contributed by atoms with Crippen LogP contribution in [0.5, 0.6) is 0 Å². The van der Waals surface area contributed by atoms with Gasteiger partial charge in [-0.25, -0.2) is 14.2 Å².